The van der Waals surface area contributed by atoms with Crippen LogP contribution in [0.3, 0.4) is 0 Å². The molecule has 0 aliphatic heterocycles. The normalized spacial score (nSPS) is 30.1. The van der Waals surface area contributed by atoms with Gasteiger partial charge in [-0.25, -0.2) is 19.3 Å². The van der Waals surface area contributed by atoms with Crippen LogP contribution in [-0.4, -0.2) is 41.9 Å². The molecule has 4 aromatic rings. The first-order valence-corrected chi connectivity index (χ1v) is 12.6. The minimum Gasteiger partial charge on any atom is -0.390 e. The number of pyridine rings is 1. The summed E-state index contributed by atoms with van der Waals surface area (Å²) >= 11 is 6.05. The Kier molecular flexibility index (Phi) is 4.63. The van der Waals surface area contributed by atoms with E-state index >= 15 is 4.39 Å². The van der Waals surface area contributed by atoms with Gasteiger partial charge in [0.05, 0.1) is 28.1 Å². The highest BCUT2D eigenvalue weighted by atomic mass is 35.5. The molecular formula is C26H26ClFN6O2. The number of benzene rings is 1. The minimum atomic E-state index is -0.936. The molecule has 0 amide bonds. The third kappa shape index (κ3) is 3.02. The molecule has 3 aliphatic rings. The average Bonchev–Trinajstić information content (AvgIpc) is 3.75. The number of halogens is 2. The van der Waals surface area contributed by atoms with E-state index in [0.29, 0.717) is 34.7 Å². The zero-order valence-corrected chi connectivity index (χ0v) is 20.1. The lowest BCUT2D eigenvalue weighted by atomic mass is 9.77. The van der Waals surface area contributed by atoms with E-state index in [9.17, 15) is 10.2 Å². The first-order chi connectivity index (χ1) is 17.3. The quantitative estimate of drug-likeness (QED) is 0.324. The summed E-state index contributed by atoms with van der Waals surface area (Å²) < 4.78 is 17.0. The van der Waals surface area contributed by atoms with Crippen molar-refractivity contribution < 1.29 is 14.6 Å². The van der Waals surface area contributed by atoms with Crippen LogP contribution in [0.4, 0.5) is 16.0 Å². The number of rotatable bonds is 5. The Balaban J connectivity index is 1.25. The highest BCUT2D eigenvalue weighted by molar-refractivity contribution is 6.33. The number of anilines is 2. The number of hydrogen-bond donors (Lipinski definition) is 4. The first kappa shape index (κ1) is 22.2. The number of nitrogens with two attached hydrogens (primary N) is 2. The lowest BCUT2D eigenvalue weighted by Gasteiger charge is -2.31. The van der Waals surface area contributed by atoms with Gasteiger partial charge in [0.2, 0.25) is 0 Å². The molecule has 6 atom stereocenters. The number of aliphatic hydroxyl groups excluding tert-OH is 2. The van der Waals surface area contributed by atoms with Gasteiger partial charge in [0, 0.05) is 17.0 Å². The van der Waals surface area contributed by atoms with E-state index in [1.807, 2.05) is 22.9 Å². The second-order valence-corrected chi connectivity index (χ2v) is 11.1. The van der Waals surface area contributed by atoms with Crippen molar-refractivity contribution in [1.29, 1.82) is 0 Å². The fourth-order valence-corrected chi connectivity index (χ4v) is 7.17. The molecule has 0 unspecified atom stereocenters. The summed E-state index contributed by atoms with van der Waals surface area (Å²) in [7, 11) is 0. The van der Waals surface area contributed by atoms with Crippen molar-refractivity contribution >= 4 is 45.2 Å². The first-order valence-electron chi connectivity index (χ1n) is 12.3. The predicted molar refractivity (Wildman–Crippen MR) is 135 cm³/mol. The Bertz CT molecular complexity index is 1540. The number of hydrogen-bond acceptors (Lipinski definition) is 7. The number of nitrogens with zero attached hydrogens (tertiary/aromatic N) is 4. The summed E-state index contributed by atoms with van der Waals surface area (Å²) in [4.78, 5) is 12.8. The van der Waals surface area contributed by atoms with E-state index in [4.69, 9.17) is 23.1 Å². The van der Waals surface area contributed by atoms with Gasteiger partial charge in [0.1, 0.15) is 35.5 Å². The Hall–Kier alpha value is -3.01. The molecule has 10 heteroatoms. The fraction of sp³-hybridized carbons (Fsp3) is 0.423. The molecule has 186 valence electrons. The van der Waals surface area contributed by atoms with Gasteiger partial charge in [-0.15, -0.1) is 0 Å². The summed E-state index contributed by atoms with van der Waals surface area (Å²) in [5.74, 6) is 0.784. The molecule has 7 rings (SSSR count). The van der Waals surface area contributed by atoms with Gasteiger partial charge in [-0.2, -0.15) is 0 Å². The van der Waals surface area contributed by atoms with Crippen LogP contribution >= 0.6 is 11.6 Å². The Labute approximate surface area is 211 Å². The van der Waals surface area contributed by atoms with Gasteiger partial charge in [0.15, 0.2) is 0 Å². The van der Waals surface area contributed by atoms with E-state index in [2.05, 4.69) is 15.0 Å². The molecule has 3 aromatic heterocycles. The molecule has 3 aliphatic carbocycles. The Morgan fingerprint density at radius 1 is 1.14 bits per heavy atom. The second-order valence-electron chi connectivity index (χ2n) is 10.7. The van der Waals surface area contributed by atoms with Crippen molar-refractivity contribution in [3.8, 4) is 0 Å². The average molecular weight is 509 g/mol. The van der Waals surface area contributed by atoms with Crippen molar-refractivity contribution in [2.24, 2.45) is 23.2 Å². The van der Waals surface area contributed by atoms with E-state index in [1.54, 1.807) is 0 Å². The largest absolute Gasteiger partial charge is 0.390 e. The molecule has 3 saturated carbocycles. The molecule has 36 heavy (non-hydrogen) atoms. The molecule has 1 aromatic carbocycles. The van der Waals surface area contributed by atoms with Crippen LogP contribution in [0.15, 0.2) is 36.8 Å². The van der Waals surface area contributed by atoms with Crippen LogP contribution in [0.2, 0.25) is 5.02 Å². The van der Waals surface area contributed by atoms with Crippen LogP contribution in [0.1, 0.15) is 30.9 Å². The lowest BCUT2D eigenvalue weighted by molar-refractivity contribution is -0.0349. The fourth-order valence-electron chi connectivity index (χ4n) is 7.02. The van der Waals surface area contributed by atoms with Crippen molar-refractivity contribution in [3.63, 3.8) is 0 Å². The summed E-state index contributed by atoms with van der Waals surface area (Å²) in [6.07, 6.45) is 5.00. The molecule has 6 N–H and O–H groups in total. The number of aromatic nitrogens is 4. The molecule has 3 heterocycles. The van der Waals surface area contributed by atoms with Crippen molar-refractivity contribution in [1.82, 2.24) is 19.5 Å². The zero-order chi connectivity index (χ0) is 24.9. The summed E-state index contributed by atoms with van der Waals surface area (Å²) in [6, 6.07) is 6.45. The van der Waals surface area contributed by atoms with E-state index in [1.165, 1.54) is 18.5 Å². The van der Waals surface area contributed by atoms with Gasteiger partial charge in [0.25, 0.3) is 0 Å². The topological polar surface area (TPSA) is 136 Å². The highest BCUT2D eigenvalue weighted by Gasteiger charge is 2.75. The molecule has 3 fully saturated rings. The van der Waals surface area contributed by atoms with Gasteiger partial charge in [-0.1, -0.05) is 11.6 Å². The van der Waals surface area contributed by atoms with E-state index in [0.717, 1.165) is 30.2 Å². The van der Waals surface area contributed by atoms with Crippen LogP contribution in [0.25, 0.3) is 21.9 Å². The monoisotopic (exact) mass is 508 g/mol. The van der Waals surface area contributed by atoms with Crippen LogP contribution in [-0.2, 0) is 6.42 Å². The maximum Gasteiger partial charge on any atom is 0.145 e. The number of aliphatic hydroxyl groups is 2. The summed E-state index contributed by atoms with van der Waals surface area (Å²) in [5.41, 5.74) is 13.4. The van der Waals surface area contributed by atoms with Gasteiger partial charge in [-0.3, -0.25) is 0 Å². The molecular weight excluding hydrogens is 483 g/mol. The number of nitrogen functional groups attached to an aromatic ring is 2. The lowest BCUT2D eigenvalue weighted by Crippen LogP contribution is -2.38. The highest BCUT2D eigenvalue weighted by Crippen LogP contribution is 2.74. The molecule has 0 bridgehead atoms. The minimum absolute atomic E-state index is 0.0813. The third-order valence-corrected chi connectivity index (χ3v) is 9.17. The standard InChI is InChI=1S/C26H26ClFN6O2/c27-17-8-14-18(28)6-11(7-19(14)33-24(17)30)5-15(12-1-2-12)26-9-16(26)20(21(35)22(26)36)34-4-3-13-23(29)31-10-32-25(13)34/h3-4,6-8,10,12,15-16,20-22,35-36H,1-2,5,9H2,(H2,30,33)(H2,29,31,32)/t15-,16+,20+,21-,22-,26-/m0/s1. The van der Waals surface area contributed by atoms with Crippen LogP contribution in [0.5, 0.6) is 0 Å². The SMILES string of the molecule is Nc1nc2cc(C[C@@H](C3CC3)[C@@]34C[C@@H]3[C@@H](n3ccc5c(N)ncnc53)[C@H](O)[C@@H]4O)cc(F)c2cc1Cl. The van der Waals surface area contributed by atoms with Crippen molar-refractivity contribution in [3.05, 3.63) is 53.2 Å². The third-order valence-electron chi connectivity index (χ3n) is 8.86. The second kappa shape index (κ2) is 7.50. The van der Waals surface area contributed by atoms with Gasteiger partial charge < -0.3 is 26.2 Å². The number of fused-ring (bicyclic) bond motifs is 3. The van der Waals surface area contributed by atoms with E-state index < -0.39 is 23.4 Å². The Morgan fingerprint density at radius 2 is 1.94 bits per heavy atom. The van der Waals surface area contributed by atoms with Gasteiger partial charge in [-0.05, 0) is 73.3 Å². The molecule has 8 nitrogen and oxygen atoms in total. The summed E-state index contributed by atoms with van der Waals surface area (Å²) in [5, 5.41) is 24.0. The molecule has 0 spiro atoms. The smallest absolute Gasteiger partial charge is 0.145 e. The maximum atomic E-state index is 15.0. The predicted octanol–water partition coefficient (Wildman–Crippen LogP) is 3.49. The zero-order valence-electron chi connectivity index (χ0n) is 19.4. The summed E-state index contributed by atoms with van der Waals surface area (Å²) in [6.45, 7) is 0. The van der Waals surface area contributed by atoms with Crippen LogP contribution < -0.4 is 11.5 Å². The van der Waals surface area contributed by atoms with E-state index in [-0.39, 0.29) is 28.7 Å². The molecule has 0 radical (unpaired) electrons. The maximum absolute atomic E-state index is 15.0. The molecule has 0 saturated heterocycles. The van der Waals surface area contributed by atoms with Gasteiger partial charge >= 0.3 is 0 Å². The Morgan fingerprint density at radius 3 is 2.72 bits per heavy atom. The van der Waals surface area contributed by atoms with Crippen molar-refractivity contribution in [2.45, 2.75) is 43.9 Å². The van der Waals surface area contributed by atoms with Crippen LogP contribution in [0, 0.1) is 29.0 Å². The van der Waals surface area contributed by atoms with Crippen molar-refractivity contribution in [2.75, 3.05) is 11.5 Å².